The quantitative estimate of drug-likeness (QED) is 0.634. The van der Waals surface area contributed by atoms with Crippen molar-refractivity contribution < 1.29 is 0 Å². The summed E-state index contributed by atoms with van der Waals surface area (Å²) in [6.45, 7) is 4.63. The van der Waals surface area contributed by atoms with Gasteiger partial charge < -0.3 is 5.32 Å². The molecule has 0 spiro atoms. The molecule has 1 fully saturated rings. The van der Waals surface area contributed by atoms with Crippen LogP contribution in [0.4, 0.5) is 0 Å². The zero-order chi connectivity index (χ0) is 8.81. The van der Waals surface area contributed by atoms with Gasteiger partial charge in [-0.25, -0.2) is 0 Å². The summed E-state index contributed by atoms with van der Waals surface area (Å²) < 4.78 is 0. The molecule has 1 N–H and O–H groups in total. The first-order valence-corrected chi connectivity index (χ1v) is 5.63. The van der Waals surface area contributed by atoms with Crippen molar-refractivity contribution in [2.45, 2.75) is 32.6 Å². The summed E-state index contributed by atoms with van der Waals surface area (Å²) in [6.07, 6.45) is 5.47. The Hall–Kier alpha value is 0.250. The topological polar surface area (TPSA) is 12.0 Å². The summed E-state index contributed by atoms with van der Waals surface area (Å²) in [5.41, 5.74) is 0. The second-order valence-corrected chi connectivity index (χ2v) is 4.42. The second kappa shape index (κ2) is 5.82. The first kappa shape index (κ1) is 10.3. The van der Waals surface area contributed by atoms with Crippen LogP contribution >= 0.6 is 11.6 Å². The van der Waals surface area contributed by atoms with Gasteiger partial charge in [0.2, 0.25) is 0 Å². The minimum atomic E-state index is 0.738. The van der Waals surface area contributed by atoms with E-state index in [1.807, 2.05) is 0 Å². The molecule has 0 heterocycles. The van der Waals surface area contributed by atoms with Gasteiger partial charge in [-0.3, -0.25) is 0 Å². The summed E-state index contributed by atoms with van der Waals surface area (Å²) >= 11 is 5.65. The molecule has 2 heteroatoms. The predicted molar refractivity (Wildman–Crippen MR) is 54.7 cm³/mol. The van der Waals surface area contributed by atoms with Gasteiger partial charge in [-0.15, -0.1) is 11.6 Å². The Labute approximate surface area is 80.9 Å². The normalized spacial score (nSPS) is 20.5. The highest BCUT2D eigenvalue weighted by atomic mass is 35.5. The highest BCUT2D eigenvalue weighted by Crippen LogP contribution is 2.25. The third-order valence-electron chi connectivity index (χ3n) is 2.75. The number of hydrogen-bond donors (Lipinski definition) is 1. The van der Waals surface area contributed by atoms with E-state index in [4.69, 9.17) is 11.6 Å². The Kier molecular flexibility index (Phi) is 5.01. The fourth-order valence-electron chi connectivity index (χ4n) is 1.52. The number of nitrogens with one attached hydrogen (secondary N) is 1. The Morgan fingerprint density at radius 3 is 2.75 bits per heavy atom. The molecule has 0 bridgehead atoms. The van der Waals surface area contributed by atoms with Gasteiger partial charge in [0.1, 0.15) is 0 Å². The van der Waals surface area contributed by atoms with Crippen molar-refractivity contribution in [2.75, 3.05) is 19.0 Å². The molecule has 0 radical (unpaired) electrons. The molecule has 1 atom stereocenters. The fraction of sp³-hybridized carbons (Fsp3) is 1.00. The predicted octanol–water partition coefficient (Wildman–Crippen LogP) is 2.64. The molecule has 0 aromatic heterocycles. The number of hydrogen-bond acceptors (Lipinski definition) is 1. The second-order valence-electron chi connectivity index (χ2n) is 4.04. The summed E-state index contributed by atoms with van der Waals surface area (Å²) in [7, 11) is 0. The molecular weight excluding hydrogens is 170 g/mol. The van der Waals surface area contributed by atoms with E-state index in [1.165, 1.54) is 25.8 Å². The van der Waals surface area contributed by atoms with E-state index >= 15 is 0 Å². The molecule has 1 nitrogen and oxygen atoms in total. The van der Waals surface area contributed by atoms with Crippen LogP contribution in [-0.2, 0) is 0 Å². The van der Waals surface area contributed by atoms with Crippen LogP contribution in [0.5, 0.6) is 0 Å². The lowest BCUT2D eigenvalue weighted by Gasteiger charge is -2.26. The molecule has 0 aromatic rings. The van der Waals surface area contributed by atoms with Crippen molar-refractivity contribution in [3.8, 4) is 0 Å². The molecule has 0 aromatic carbocycles. The van der Waals surface area contributed by atoms with Gasteiger partial charge in [0, 0.05) is 5.88 Å². The van der Waals surface area contributed by atoms with E-state index in [0.717, 1.165) is 30.7 Å². The van der Waals surface area contributed by atoms with Gasteiger partial charge in [-0.1, -0.05) is 13.3 Å². The van der Waals surface area contributed by atoms with Crippen molar-refractivity contribution in [1.29, 1.82) is 0 Å². The van der Waals surface area contributed by atoms with E-state index < -0.39 is 0 Å². The Bertz CT molecular complexity index is 112. The number of alkyl halides is 1. The van der Waals surface area contributed by atoms with Crippen molar-refractivity contribution in [1.82, 2.24) is 5.32 Å². The fourth-order valence-corrected chi connectivity index (χ4v) is 1.89. The zero-order valence-electron chi connectivity index (χ0n) is 7.98. The van der Waals surface area contributed by atoms with Crippen LogP contribution in [0.15, 0.2) is 0 Å². The maximum absolute atomic E-state index is 5.65. The lowest BCUT2D eigenvalue weighted by molar-refractivity contribution is 0.295. The Balaban J connectivity index is 1.86. The summed E-state index contributed by atoms with van der Waals surface area (Å²) in [6, 6.07) is 0. The van der Waals surface area contributed by atoms with Crippen LogP contribution < -0.4 is 5.32 Å². The summed E-state index contributed by atoms with van der Waals surface area (Å²) in [5.74, 6) is 2.52. The largest absolute Gasteiger partial charge is 0.316 e. The van der Waals surface area contributed by atoms with Crippen LogP contribution in [0.1, 0.15) is 32.6 Å². The molecule has 1 aliphatic carbocycles. The van der Waals surface area contributed by atoms with Crippen LogP contribution in [0.2, 0.25) is 0 Å². The zero-order valence-corrected chi connectivity index (χ0v) is 8.74. The van der Waals surface area contributed by atoms with E-state index in [0.29, 0.717) is 0 Å². The molecule has 12 heavy (non-hydrogen) atoms. The number of halogens is 1. The SMILES string of the molecule is CC(CCCl)CNCC1CCC1. The van der Waals surface area contributed by atoms with Crippen LogP contribution in [-0.4, -0.2) is 19.0 Å². The van der Waals surface area contributed by atoms with Crippen LogP contribution in [0, 0.1) is 11.8 Å². The van der Waals surface area contributed by atoms with Gasteiger partial charge in [0.15, 0.2) is 0 Å². The standard InChI is InChI=1S/C10H20ClN/c1-9(5-6-11)7-12-8-10-3-2-4-10/h9-10,12H,2-8H2,1H3. The summed E-state index contributed by atoms with van der Waals surface area (Å²) in [4.78, 5) is 0. The lowest BCUT2D eigenvalue weighted by Crippen LogP contribution is -2.30. The molecule has 0 saturated heterocycles. The van der Waals surface area contributed by atoms with E-state index in [2.05, 4.69) is 12.2 Å². The summed E-state index contributed by atoms with van der Waals surface area (Å²) in [5, 5.41) is 3.51. The Morgan fingerprint density at radius 2 is 2.25 bits per heavy atom. The third-order valence-corrected chi connectivity index (χ3v) is 2.97. The molecule has 1 aliphatic rings. The molecule has 0 amide bonds. The molecule has 1 saturated carbocycles. The van der Waals surface area contributed by atoms with Gasteiger partial charge in [0.25, 0.3) is 0 Å². The van der Waals surface area contributed by atoms with Gasteiger partial charge in [0.05, 0.1) is 0 Å². The van der Waals surface area contributed by atoms with Crippen LogP contribution in [0.25, 0.3) is 0 Å². The average Bonchev–Trinajstić information content (AvgIpc) is 1.95. The maximum atomic E-state index is 5.65. The van der Waals surface area contributed by atoms with Crippen molar-refractivity contribution in [3.05, 3.63) is 0 Å². The monoisotopic (exact) mass is 189 g/mol. The van der Waals surface area contributed by atoms with E-state index in [1.54, 1.807) is 0 Å². The molecular formula is C10H20ClN. The number of rotatable bonds is 6. The molecule has 0 aliphatic heterocycles. The first-order valence-electron chi connectivity index (χ1n) is 5.09. The van der Waals surface area contributed by atoms with Crippen molar-refractivity contribution >= 4 is 11.6 Å². The van der Waals surface area contributed by atoms with Crippen molar-refractivity contribution in [2.24, 2.45) is 11.8 Å². The first-order chi connectivity index (χ1) is 5.83. The smallest absolute Gasteiger partial charge is 0.0226 e. The Morgan fingerprint density at radius 1 is 1.50 bits per heavy atom. The highest BCUT2D eigenvalue weighted by Gasteiger charge is 2.16. The van der Waals surface area contributed by atoms with E-state index in [9.17, 15) is 0 Å². The van der Waals surface area contributed by atoms with Gasteiger partial charge in [-0.05, 0) is 44.2 Å². The van der Waals surface area contributed by atoms with Gasteiger partial charge >= 0.3 is 0 Å². The molecule has 1 unspecified atom stereocenters. The molecule has 72 valence electrons. The lowest BCUT2D eigenvalue weighted by atomic mass is 9.85. The minimum absolute atomic E-state index is 0.738. The molecule has 1 rings (SSSR count). The van der Waals surface area contributed by atoms with Gasteiger partial charge in [-0.2, -0.15) is 0 Å². The minimum Gasteiger partial charge on any atom is -0.316 e. The van der Waals surface area contributed by atoms with Crippen LogP contribution in [0.3, 0.4) is 0 Å². The highest BCUT2D eigenvalue weighted by molar-refractivity contribution is 6.17. The van der Waals surface area contributed by atoms with Crippen molar-refractivity contribution in [3.63, 3.8) is 0 Å². The average molecular weight is 190 g/mol. The van der Waals surface area contributed by atoms with E-state index in [-0.39, 0.29) is 0 Å². The maximum Gasteiger partial charge on any atom is 0.0226 e. The third kappa shape index (κ3) is 3.77.